The lowest BCUT2D eigenvalue weighted by Crippen LogP contribution is -1.81. The third-order valence-corrected chi connectivity index (χ3v) is 2.31. The van der Waals surface area contributed by atoms with Gasteiger partial charge >= 0.3 is 0 Å². The van der Waals surface area contributed by atoms with Gasteiger partial charge in [0.1, 0.15) is 5.38 Å². The SMILES string of the molecule is CC(Cl)c1nnc(-c2ccc(Cl)cc2)o1. The van der Waals surface area contributed by atoms with E-state index in [4.69, 9.17) is 27.6 Å². The molecule has 5 heteroatoms. The van der Waals surface area contributed by atoms with Crippen molar-refractivity contribution in [3.8, 4) is 11.5 Å². The van der Waals surface area contributed by atoms with Crippen LogP contribution in [0.15, 0.2) is 28.7 Å². The highest BCUT2D eigenvalue weighted by Gasteiger charge is 2.12. The largest absolute Gasteiger partial charge is 0.419 e. The highest BCUT2D eigenvalue weighted by atomic mass is 35.5. The molecule has 2 rings (SSSR count). The Morgan fingerprint density at radius 1 is 1.20 bits per heavy atom. The summed E-state index contributed by atoms with van der Waals surface area (Å²) in [5, 5.41) is 8.12. The molecule has 1 unspecified atom stereocenters. The monoisotopic (exact) mass is 242 g/mol. The molecule has 0 N–H and O–H groups in total. The average Bonchev–Trinajstić information content (AvgIpc) is 2.68. The first-order chi connectivity index (χ1) is 7.16. The molecule has 0 bridgehead atoms. The molecular formula is C10H8Cl2N2O. The molecule has 0 saturated heterocycles. The van der Waals surface area contributed by atoms with E-state index < -0.39 is 0 Å². The van der Waals surface area contributed by atoms with Crippen LogP contribution < -0.4 is 0 Å². The summed E-state index contributed by atoms with van der Waals surface area (Å²) in [6.45, 7) is 1.78. The fourth-order valence-electron chi connectivity index (χ4n) is 1.10. The smallest absolute Gasteiger partial charge is 0.247 e. The Kier molecular flexibility index (Phi) is 2.93. The first-order valence-electron chi connectivity index (χ1n) is 4.40. The van der Waals surface area contributed by atoms with Crippen LogP contribution in [0.4, 0.5) is 0 Å². The van der Waals surface area contributed by atoms with Crippen molar-refractivity contribution in [2.45, 2.75) is 12.3 Å². The predicted octanol–water partition coefficient (Wildman–Crippen LogP) is 3.69. The number of benzene rings is 1. The highest BCUT2D eigenvalue weighted by Crippen LogP contribution is 2.24. The summed E-state index contributed by atoms with van der Waals surface area (Å²) >= 11 is 11.6. The summed E-state index contributed by atoms with van der Waals surface area (Å²) in [6.07, 6.45) is 0. The van der Waals surface area contributed by atoms with Gasteiger partial charge in [-0.3, -0.25) is 0 Å². The van der Waals surface area contributed by atoms with Gasteiger partial charge in [0.05, 0.1) is 0 Å². The summed E-state index contributed by atoms with van der Waals surface area (Å²) < 4.78 is 5.37. The second-order valence-electron chi connectivity index (χ2n) is 3.07. The van der Waals surface area contributed by atoms with Gasteiger partial charge in [-0.05, 0) is 31.2 Å². The van der Waals surface area contributed by atoms with Crippen LogP contribution in [0, 0.1) is 0 Å². The van der Waals surface area contributed by atoms with Crippen LogP contribution in [-0.4, -0.2) is 10.2 Å². The second-order valence-corrected chi connectivity index (χ2v) is 4.16. The topological polar surface area (TPSA) is 38.9 Å². The minimum Gasteiger partial charge on any atom is -0.419 e. The average molecular weight is 243 g/mol. The zero-order valence-electron chi connectivity index (χ0n) is 7.95. The first kappa shape index (κ1) is 10.5. The van der Waals surface area contributed by atoms with Crippen molar-refractivity contribution in [1.82, 2.24) is 10.2 Å². The highest BCUT2D eigenvalue weighted by molar-refractivity contribution is 6.30. The predicted molar refractivity (Wildman–Crippen MR) is 59.0 cm³/mol. The Morgan fingerprint density at radius 2 is 1.87 bits per heavy atom. The fraction of sp³-hybridized carbons (Fsp3) is 0.200. The minimum absolute atomic E-state index is 0.279. The molecule has 2 aromatic rings. The van der Waals surface area contributed by atoms with E-state index in [-0.39, 0.29) is 5.38 Å². The van der Waals surface area contributed by atoms with Crippen LogP contribution >= 0.6 is 23.2 Å². The van der Waals surface area contributed by atoms with E-state index >= 15 is 0 Å². The molecule has 0 aliphatic heterocycles. The zero-order valence-corrected chi connectivity index (χ0v) is 9.46. The van der Waals surface area contributed by atoms with Crippen LogP contribution in [0.3, 0.4) is 0 Å². The maximum absolute atomic E-state index is 5.81. The van der Waals surface area contributed by atoms with E-state index in [0.29, 0.717) is 16.8 Å². The maximum atomic E-state index is 5.81. The normalized spacial score (nSPS) is 12.7. The van der Waals surface area contributed by atoms with Gasteiger partial charge in [-0.2, -0.15) is 0 Å². The molecule has 0 aliphatic rings. The van der Waals surface area contributed by atoms with E-state index in [0.717, 1.165) is 5.56 Å². The van der Waals surface area contributed by atoms with Crippen LogP contribution in [-0.2, 0) is 0 Å². The third-order valence-electron chi connectivity index (χ3n) is 1.87. The van der Waals surface area contributed by atoms with Gasteiger partial charge < -0.3 is 4.42 Å². The van der Waals surface area contributed by atoms with Crippen molar-refractivity contribution in [3.63, 3.8) is 0 Å². The second kappa shape index (κ2) is 4.21. The quantitative estimate of drug-likeness (QED) is 0.755. The van der Waals surface area contributed by atoms with E-state index in [1.165, 1.54) is 0 Å². The zero-order chi connectivity index (χ0) is 10.8. The van der Waals surface area contributed by atoms with Crippen LogP contribution in [0.25, 0.3) is 11.5 Å². The van der Waals surface area contributed by atoms with Crippen molar-refractivity contribution in [2.24, 2.45) is 0 Å². The van der Waals surface area contributed by atoms with Crippen molar-refractivity contribution >= 4 is 23.2 Å². The van der Waals surface area contributed by atoms with Crippen LogP contribution in [0.1, 0.15) is 18.2 Å². The standard InChI is InChI=1S/C10H8Cl2N2O/c1-6(11)9-13-14-10(15-9)7-2-4-8(12)5-3-7/h2-6H,1H3. The Bertz CT molecular complexity index is 451. The van der Waals surface area contributed by atoms with Gasteiger partial charge in [-0.1, -0.05) is 11.6 Å². The molecule has 15 heavy (non-hydrogen) atoms. The van der Waals surface area contributed by atoms with Crippen molar-refractivity contribution in [2.75, 3.05) is 0 Å². The van der Waals surface area contributed by atoms with E-state index in [9.17, 15) is 0 Å². The van der Waals surface area contributed by atoms with Gasteiger partial charge in [0, 0.05) is 10.6 Å². The Morgan fingerprint density at radius 3 is 2.40 bits per heavy atom. The lowest BCUT2D eigenvalue weighted by atomic mass is 10.2. The van der Waals surface area contributed by atoms with E-state index in [2.05, 4.69) is 10.2 Å². The van der Waals surface area contributed by atoms with Gasteiger partial charge in [0.15, 0.2) is 0 Å². The maximum Gasteiger partial charge on any atom is 0.247 e. The lowest BCUT2D eigenvalue weighted by Gasteiger charge is -1.95. The van der Waals surface area contributed by atoms with E-state index in [1.807, 2.05) is 12.1 Å². The number of halogens is 2. The van der Waals surface area contributed by atoms with Gasteiger partial charge in [0.2, 0.25) is 11.8 Å². The summed E-state index contributed by atoms with van der Waals surface area (Å²) in [4.78, 5) is 0. The molecule has 0 fully saturated rings. The van der Waals surface area contributed by atoms with Crippen molar-refractivity contribution in [3.05, 3.63) is 35.2 Å². The number of hydrogen-bond acceptors (Lipinski definition) is 3. The number of alkyl halides is 1. The Balaban J connectivity index is 2.33. The van der Waals surface area contributed by atoms with Gasteiger partial charge in [-0.25, -0.2) is 0 Å². The molecule has 1 atom stereocenters. The lowest BCUT2D eigenvalue weighted by molar-refractivity contribution is 0.507. The first-order valence-corrected chi connectivity index (χ1v) is 5.21. The summed E-state index contributed by atoms with van der Waals surface area (Å²) in [7, 11) is 0. The molecule has 0 saturated carbocycles. The molecule has 1 aromatic carbocycles. The summed E-state index contributed by atoms with van der Waals surface area (Å²) in [5.41, 5.74) is 0.829. The fourth-order valence-corrected chi connectivity index (χ4v) is 1.32. The molecule has 1 heterocycles. The summed E-state index contributed by atoms with van der Waals surface area (Å²) in [5.74, 6) is 0.871. The van der Waals surface area contributed by atoms with E-state index in [1.54, 1.807) is 19.1 Å². The van der Waals surface area contributed by atoms with Crippen molar-refractivity contribution < 1.29 is 4.42 Å². The molecule has 78 valence electrons. The molecule has 0 aliphatic carbocycles. The Labute approximate surface area is 97.0 Å². The molecule has 3 nitrogen and oxygen atoms in total. The Hall–Kier alpha value is -1.06. The molecular weight excluding hydrogens is 235 g/mol. The number of nitrogens with zero attached hydrogens (tertiary/aromatic N) is 2. The minimum atomic E-state index is -0.279. The molecule has 0 amide bonds. The molecule has 0 radical (unpaired) electrons. The number of hydrogen-bond donors (Lipinski definition) is 0. The third kappa shape index (κ3) is 2.30. The van der Waals surface area contributed by atoms with Crippen LogP contribution in [0.2, 0.25) is 5.02 Å². The molecule has 0 spiro atoms. The van der Waals surface area contributed by atoms with Gasteiger partial charge in [0.25, 0.3) is 0 Å². The number of rotatable bonds is 2. The van der Waals surface area contributed by atoms with Gasteiger partial charge in [-0.15, -0.1) is 21.8 Å². The molecule has 1 aromatic heterocycles. The van der Waals surface area contributed by atoms with Crippen LogP contribution in [0.5, 0.6) is 0 Å². The number of aromatic nitrogens is 2. The summed E-state index contributed by atoms with van der Waals surface area (Å²) in [6, 6.07) is 7.17. The van der Waals surface area contributed by atoms with Crippen molar-refractivity contribution in [1.29, 1.82) is 0 Å².